The molecule has 3 aliphatic heterocycles. The highest BCUT2D eigenvalue weighted by Crippen LogP contribution is 2.51. The van der Waals surface area contributed by atoms with Crippen LogP contribution in [-0.4, -0.2) is 72.7 Å². The molecule has 10 heteroatoms. The Morgan fingerprint density at radius 3 is 2.42 bits per heavy atom. The van der Waals surface area contributed by atoms with Gasteiger partial charge < -0.3 is 28.4 Å². The summed E-state index contributed by atoms with van der Waals surface area (Å²) in [5.41, 5.74) is -1.77. The molecule has 0 aromatic heterocycles. The predicted octanol–water partition coefficient (Wildman–Crippen LogP) is 1.16. The van der Waals surface area contributed by atoms with Gasteiger partial charge in [-0.1, -0.05) is 12.7 Å². The minimum Gasteiger partial charge on any atom is -0.466 e. The Bertz CT molecular complexity index is 953. The van der Waals surface area contributed by atoms with Crippen LogP contribution < -0.4 is 0 Å². The van der Waals surface area contributed by atoms with E-state index in [0.717, 1.165) is 0 Å². The molecule has 0 unspecified atom stereocenters. The van der Waals surface area contributed by atoms with Crippen LogP contribution in [0.15, 0.2) is 23.8 Å². The first-order chi connectivity index (χ1) is 15.4. The van der Waals surface area contributed by atoms with E-state index in [1.807, 2.05) is 6.92 Å². The van der Waals surface area contributed by atoms with Crippen molar-refractivity contribution < 1.29 is 47.6 Å². The number of epoxide rings is 2. The van der Waals surface area contributed by atoms with E-state index in [-0.39, 0.29) is 17.3 Å². The van der Waals surface area contributed by atoms with Crippen molar-refractivity contribution in [2.45, 2.75) is 82.3 Å². The first kappa shape index (κ1) is 23.4. The van der Waals surface area contributed by atoms with Crippen molar-refractivity contribution in [3.63, 3.8) is 0 Å². The Balaban J connectivity index is 1.82. The lowest BCUT2D eigenvalue weighted by Gasteiger charge is -2.34. The van der Waals surface area contributed by atoms with E-state index < -0.39 is 65.4 Å². The molecule has 4 rings (SSSR count). The number of hydrogen-bond acceptors (Lipinski definition) is 10. The number of rotatable bonds is 4. The van der Waals surface area contributed by atoms with Crippen molar-refractivity contribution in [3.8, 4) is 0 Å². The van der Waals surface area contributed by atoms with Gasteiger partial charge in [-0.05, 0) is 33.6 Å². The Morgan fingerprint density at radius 1 is 1.18 bits per heavy atom. The van der Waals surface area contributed by atoms with Crippen LogP contribution in [0.2, 0.25) is 0 Å². The molecule has 4 aliphatic rings. The molecule has 3 fully saturated rings. The van der Waals surface area contributed by atoms with Gasteiger partial charge >= 0.3 is 23.9 Å². The summed E-state index contributed by atoms with van der Waals surface area (Å²) in [7, 11) is 1.19. The van der Waals surface area contributed by atoms with Crippen LogP contribution in [0.1, 0.15) is 40.5 Å². The fraction of sp³-hybridized carbons (Fsp3) is 0.652. The summed E-state index contributed by atoms with van der Waals surface area (Å²) in [4.78, 5) is 50.4. The van der Waals surface area contributed by atoms with Gasteiger partial charge in [0.15, 0.2) is 17.8 Å². The molecule has 0 radical (unpaired) electrons. The highest BCUT2D eigenvalue weighted by Gasteiger charge is 2.66. The van der Waals surface area contributed by atoms with Gasteiger partial charge in [-0.25, -0.2) is 14.4 Å². The predicted molar refractivity (Wildman–Crippen MR) is 110 cm³/mol. The lowest BCUT2D eigenvalue weighted by molar-refractivity contribution is -0.175. The fourth-order valence-corrected chi connectivity index (χ4v) is 4.66. The molecule has 8 atom stereocenters. The minimum atomic E-state index is -1.36. The standard InChI is InChI=1S/C23H28O10/c1-10-14-16(31-21(27)23(5)11(2)32-23)15(29-12(3)24)13(20(26)28-6)8-7-9-22(4)18(33-22)17(14)30-19(10)25/h8,11,14-18H,1,7,9H2,2-6H3/b13-8+/t11-,14-,15+,16+,17+,18-,22-,23-/m1/s1. The maximum Gasteiger partial charge on any atom is 0.341 e. The molecule has 33 heavy (non-hydrogen) atoms. The van der Waals surface area contributed by atoms with Gasteiger partial charge in [0.1, 0.15) is 12.2 Å². The van der Waals surface area contributed by atoms with Crippen molar-refractivity contribution in [2.24, 2.45) is 5.92 Å². The number of esters is 4. The molecule has 180 valence electrons. The van der Waals surface area contributed by atoms with Gasteiger partial charge in [-0.2, -0.15) is 0 Å². The molecule has 3 heterocycles. The summed E-state index contributed by atoms with van der Waals surface area (Å²) in [6, 6.07) is 0. The van der Waals surface area contributed by atoms with E-state index in [1.54, 1.807) is 19.9 Å². The second kappa shape index (κ2) is 7.95. The molecule has 0 amide bonds. The first-order valence-electron chi connectivity index (χ1n) is 10.8. The van der Waals surface area contributed by atoms with Gasteiger partial charge in [0, 0.05) is 12.5 Å². The number of hydrogen-bond donors (Lipinski definition) is 0. The second-order valence-electron chi connectivity index (χ2n) is 9.23. The maximum atomic E-state index is 13.1. The Morgan fingerprint density at radius 2 is 1.85 bits per heavy atom. The fourth-order valence-electron chi connectivity index (χ4n) is 4.66. The van der Waals surface area contributed by atoms with E-state index in [1.165, 1.54) is 14.0 Å². The average molecular weight is 464 g/mol. The van der Waals surface area contributed by atoms with Gasteiger partial charge in [0.05, 0.1) is 30.3 Å². The Hall–Kier alpha value is -2.72. The zero-order chi connectivity index (χ0) is 24.3. The van der Waals surface area contributed by atoms with Gasteiger partial charge in [-0.15, -0.1) is 0 Å². The number of carbonyl (C=O) groups excluding carboxylic acids is 4. The maximum absolute atomic E-state index is 13.1. The third-order valence-corrected chi connectivity index (χ3v) is 6.97. The molecular formula is C23H28O10. The van der Waals surface area contributed by atoms with Crippen LogP contribution in [0.25, 0.3) is 0 Å². The molecule has 0 aromatic rings. The molecule has 0 bridgehead atoms. The first-order valence-corrected chi connectivity index (χ1v) is 10.8. The topological polar surface area (TPSA) is 130 Å². The summed E-state index contributed by atoms with van der Waals surface area (Å²) in [5.74, 6) is -3.79. The summed E-state index contributed by atoms with van der Waals surface area (Å²) >= 11 is 0. The number of ether oxygens (including phenoxy) is 6. The molecule has 0 saturated carbocycles. The van der Waals surface area contributed by atoms with Crippen molar-refractivity contribution in [1.29, 1.82) is 0 Å². The normalized spacial score (nSPS) is 43.1. The molecule has 0 aromatic carbocycles. The van der Waals surface area contributed by atoms with Crippen molar-refractivity contribution >= 4 is 23.9 Å². The SMILES string of the molecule is C=C1C(=O)O[C@H]2[C@H]1[C@H](OC(=O)[C@]1(C)O[C@@H]1C)[C@@H](OC(C)=O)/C(C(=O)OC)=C\CC[C@@]1(C)O[C@H]21. The zero-order valence-electron chi connectivity index (χ0n) is 19.2. The minimum absolute atomic E-state index is 0.00554. The van der Waals surface area contributed by atoms with E-state index in [2.05, 4.69) is 6.58 Å². The molecule has 3 saturated heterocycles. The molecule has 0 N–H and O–H groups in total. The van der Waals surface area contributed by atoms with E-state index >= 15 is 0 Å². The van der Waals surface area contributed by atoms with Crippen molar-refractivity contribution in [2.75, 3.05) is 7.11 Å². The van der Waals surface area contributed by atoms with Crippen LogP contribution in [0.3, 0.4) is 0 Å². The second-order valence-corrected chi connectivity index (χ2v) is 9.23. The van der Waals surface area contributed by atoms with Crippen molar-refractivity contribution in [3.05, 3.63) is 23.8 Å². The summed E-state index contributed by atoms with van der Waals surface area (Å²) in [6.45, 7) is 10.2. The van der Waals surface area contributed by atoms with E-state index in [9.17, 15) is 19.2 Å². The van der Waals surface area contributed by atoms with Crippen LogP contribution in [0.4, 0.5) is 0 Å². The summed E-state index contributed by atoms with van der Waals surface area (Å²) in [5, 5.41) is 0. The van der Waals surface area contributed by atoms with Crippen LogP contribution in [0.5, 0.6) is 0 Å². The van der Waals surface area contributed by atoms with Crippen LogP contribution >= 0.6 is 0 Å². The highest BCUT2D eigenvalue weighted by molar-refractivity contribution is 5.93. The number of fused-ring (bicyclic) bond motifs is 3. The smallest absolute Gasteiger partial charge is 0.341 e. The Labute approximate surface area is 191 Å². The quantitative estimate of drug-likeness (QED) is 0.258. The van der Waals surface area contributed by atoms with Gasteiger partial charge in [-0.3, -0.25) is 4.79 Å². The number of carbonyl (C=O) groups is 4. The van der Waals surface area contributed by atoms with E-state index in [4.69, 9.17) is 28.4 Å². The van der Waals surface area contributed by atoms with Gasteiger partial charge in [0.2, 0.25) is 0 Å². The van der Waals surface area contributed by atoms with Gasteiger partial charge in [0.25, 0.3) is 0 Å². The average Bonchev–Trinajstić information content (AvgIpc) is 3.57. The molecular weight excluding hydrogens is 436 g/mol. The summed E-state index contributed by atoms with van der Waals surface area (Å²) in [6.07, 6.45) is -1.87. The van der Waals surface area contributed by atoms with Crippen molar-refractivity contribution in [1.82, 2.24) is 0 Å². The van der Waals surface area contributed by atoms with Crippen LogP contribution in [0, 0.1) is 5.92 Å². The Kier molecular flexibility index (Phi) is 5.65. The lowest BCUT2D eigenvalue weighted by Crippen LogP contribution is -2.49. The highest BCUT2D eigenvalue weighted by atomic mass is 16.7. The molecule has 1 aliphatic carbocycles. The third-order valence-electron chi connectivity index (χ3n) is 6.97. The summed E-state index contributed by atoms with van der Waals surface area (Å²) < 4.78 is 33.2. The largest absolute Gasteiger partial charge is 0.466 e. The number of methoxy groups -OCH3 is 1. The third kappa shape index (κ3) is 3.95. The molecule has 0 spiro atoms. The monoisotopic (exact) mass is 464 g/mol. The number of allylic oxidation sites excluding steroid dienone is 1. The zero-order valence-corrected chi connectivity index (χ0v) is 19.2. The van der Waals surface area contributed by atoms with Crippen LogP contribution in [-0.2, 0) is 47.6 Å². The molecule has 10 nitrogen and oxygen atoms in total. The van der Waals surface area contributed by atoms with E-state index in [0.29, 0.717) is 12.8 Å². The lowest BCUT2D eigenvalue weighted by atomic mass is 9.80.